The summed E-state index contributed by atoms with van der Waals surface area (Å²) in [6.07, 6.45) is 0. The van der Waals surface area contributed by atoms with Crippen LogP contribution >= 0.6 is 0 Å². The van der Waals surface area contributed by atoms with Crippen molar-refractivity contribution in [2.45, 2.75) is 26.5 Å². The fourth-order valence-corrected chi connectivity index (χ4v) is 2.08. The maximum absolute atomic E-state index is 13.3. The largest absolute Gasteiger partial charge is 0.489 e. The van der Waals surface area contributed by atoms with E-state index >= 15 is 0 Å². The van der Waals surface area contributed by atoms with Crippen LogP contribution in [0.5, 0.6) is 5.75 Å². The van der Waals surface area contributed by atoms with E-state index in [1.54, 1.807) is 6.07 Å². The molecule has 2 rings (SSSR count). The third kappa shape index (κ3) is 3.80. The molecule has 2 aromatic carbocycles. The lowest BCUT2D eigenvalue weighted by molar-refractivity contribution is 0.303. The Kier molecular flexibility index (Phi) is 4.56. The Morgan fingerprint density at radius 1 is 1.29 bits per heavy atom. The molecular formula is C17H17FN2O. The van der Waals surface area contributed by atoms with E-state index in [9.17, 15) is 4.39 Å². The molecule has 0 aliphatic carbocycles. The van der Waals surface area contributed by atoms with Crippen LogP contribution in [-0.2, 0) is 6.61 Å². The predicted molar refractivity (Wildman–Crippen MR) is 79.2 cm³/mol. The second kappa shape index (κ2) is 6.38. The van der Waals surface area contributed by atoms with Crippen molar-refractivity contribution >= 4 is 0 Å². The highest BCUT2D eigenvalue weighted by molar-refractivity contribution is 5.38. The molecule has 0 bridgehead atoms. The average Bonchev–Trinajstić information content (AvgIpc) is 2.45. The highest BCUT2D eigenvalue weighted by Crippen LogP contribution is 2.23. The minimum Gasteiger partial charge on any atom is -0.489 e. The Morgan fingerprint density at radius 2 is 2.05 bits per heavy atom. The van der Waals surface area contributed by atoms with Crippen molar-refractivity contribution < 1.29 is 9.13 Å². The fourth-order valence-electron chi connectivity index (χ4n) is 2.08. The van der Waals surface area contributed by atoms with Crippen molar-refractivity contribution in [2.75, 3.05) is 0 Å². The van der Waals surface area contributed by atoms with Crippen LogP contribution in [0.15, 0.2) is 36.4 Å². The highest BCUT2D eigenvalue weighted by Gasteiger charge is 2.06. The SMILES string of the molecule is Cc1cc([C@H](C)N)ccc1OCc1cc(F)cc(C#N)c1. The summed E-state index contributed by atoms with van der Waals surface area (Å²) in [4.78, 5) is 0. The molecule has 0 saturated heterocycles. The minimum atomic E-state index is -0.434. The predicted octanol–water partition coefficient (Wildman–Crippen LogP) is 3.60. The molecular weight excluding hydrogens is 267 g/mol. The Hall–Kier alpha value is -2.38. The molecule has 3 nitrogen and oxygen atoms in total. The van der Waals surface area contributed by atoms with Crippen molar-refractivity contribution in [2.24, 2.45) is 5.73 Å². The molecule has 21 heavy (non-hydrogen) atoms. The van der Waals surface area contributed by atoms with Crippen molar-refractivity contribution in [3.63, 3.8) is 0 Å². The first-order valence-corrected chi connectivity index (χ1v) is 6.68. The first kappa shape index (κ1) is 15.0. The first-order chi connectivity index (χ1) is 9.99. The highest BCUT2D eigenvalue weighted by atomic mass is 19.1. The summed E-state index contributed by atoms with van der Waals surface area (Å²) in [6.45, 7) is 4.07. The topological polar surface area (TPSA) is 59.0 Å². The lowest BCUT2D eigenvalue weighted by Crippen LogP contribution is -2.05. The minimum absolute atomic E-state index is 0.0286. The Balaban J connectivity index is 2.13. The zero-order valence-electron chi connectivity index (χ0n) is 12.1. The molecule has 0 fully saturated rings. The Bertz CT molecular complexity index is 690. The van der Waals surface area contributed by atoms with Gasteiger partial charge in [-0.25, -0.2) is 4.39 Å². The first-order valence-electron chi connectivity index (χ1n) is 6.68. The van der Waals surface area contributed by atoms with E-state index in [0.29, 0.717) is 5.56 Å². The number of hydrogen-bond donors (Lipinski definition) is 1. The lowest BCUT2D eigenvalue weighted by atomic mass is 10.1. The Morgan fingerprint density at radius 3 is 2.67 bits per heavy atom. The van der Waals surface area contributed by atoms with Crippen LogP contribution in [0.25, 0.3) is 0 Å². The molecule has 0 amide bonds. The van der Waals surface area contributed by atoms with Crippen LogP contribution < -0.4 is 10.5 Å². The van der Waals surface area contributed by atoms with Gasteiger partial charge in [0.15, 0.2) is 0 Å². The number of benzene rings is 2. The number of hydrogen-bond acceptors (Lipinski definition) is 3. The summed E-state index contributed by atoms with van der Waals surface area (Å²) in [7, 11) is 0. The summed E-state index contributed by atoms with van der Waals surface area (Å²) in [5.74, 6) is 0.291. The van der Waals surface area contributed by atoms with Gasteiger partial charge >= 0.3 is 0 Å². The number of nitrogens with zero attached hydrogens (tertiary/aromatic N) is 1. The van der Waals surface area contributed by atoms with E-state index in [1.807, 2.05) is 38.1 Å². The molecule has 2 aromatic rings. The molecule has 108 valence electrons. The van der Waals surface area contributed by atoms with Gasteiger partial charge < -0.3 is 10.5 Å². The third-order valence-electron chi connectivity index (χ3n) is 3.21. The van der Waals surface area contributed by atoms with Crippen LogP contribution in [0, 0.1) is 24.1 Å². The van der Waals surface area contributed by atoms with Crippen molar-refractivity contribution in [3.05, 3.63) is 64.5 Å². The molecule has 0 unspecified atom stereocenters. The summed E-state index contributed by atoms with van der Waals surface area (Å²) in [5.41, 5.74) is 8.76. The van der Waals surface area contributed by atoms with E-state index in [2.05, 4.69) is 0 Å². The van der Waals surface area contributed by atoms with Gasteiger partial charge in [-0.15, -0.1) is 0 Å². The van der Waals surface area contributed by atoms with E-state index in [-0.39, 0.29) is 18.2 Å². The van der Waals surface area contributed by atoms with E-state index in [4.69, 9.17) is 15.7 Å². The Labute approximate surface area is 123 Å². The molecule has 2 N–H and O–H groups in total. The number of ether oxygens (including phenoxy) is 1. The van der Waals surface area contributed by atoms with Gasteiger partial charge in [-0.05, 0) is 54.8 Å². The van der Waals surface area contributed by atoms with Gasteiger partial charge in [0.25, 0.3) is 0 Å². The summed E-state index contributed by atoms with van der Waals surface area (Å²) in [5, 5.41) is 8.83. The maximum Gasteiger partial charge on any atom is 0.124 e. The van der Waals surface area contributed by atoms with Crippen LogP contribution in [0.2, 0.25) is 0 Å². The second-order valence-electron chi connectivity index (χ2n) is 5.06. The molecule has 0 spiro atoms. The van der Waals surface area contributed by atoms with E-state index < -0.39 is 5.82 Å². The average molecular weight is 284 g/mol. The van der Waals surface area contributed by atoms with Gasteiger partial charge in [-0.3, -0.25) is 0 Å². The molecule has 1 atom stereocenters. The number of nitrogens with two attached hydrogens (primary N) is 1. The second-order valence-corrected chi connectivity index (χ2v) is 5.06. The van der Waals surface area contributed by atoms with E-state index in [0.717, 1.165) is 16.9 Å². The van der Waals surface area contributed by atoms with E-state index in [1.165, 1.54) is 12.1 Å². The molecule has 0 aliphatic rings. The molecule has 0 aliphatic heterocycles. The zero-order chi connectivity index (χ0) is 15.4. The van der Waals surface area contributed by atoms with Gasteiger partial charge in [0.1, 0.15) is 18.2 Å². The quantitative estimate of drug-likeness (QED) is 0.933. The van der Waals surface area contributed by atoms with Gasteiger partial charge in [0, 0.05) is 6.04 Å². The number of aryl methyl sites for hydroxylation is 1. The number of halogens is 1. The zero-order valence-corrected chi connectivity index (χ0v) is 12.1. The maximum atomic E-state index is 13.3. The third-order valence-corrected chi connectivity index (χ3v) is 3.21. The lowest BCUT2D eigenvalue weighted by Gasteiger charge is -2.12. The smallest absolute Gasteiger partial charge is 0.124 e. The van der Waals surface area contributed by atoms with Crippen LogP contribution in [-0.4, -0.2) is 0 Å². The summed E-state index contributed by atoms with van der Waals surface area (Å²) >= 11 is 0. The van der Waals surface area contributed by atoms with Crippen LogP contribution in [0.1, 0.15) is 35.2 Å². The summed E-state index contributed by atoms with van der Waals surface area (Å²) in [6, 6.07) is 11.8. The standard InChI is InChI=1S/C17H17FN2O/c1-11-5-15(12(2)20)3-4-17(11)21-10-14-6-13(9-19)7-16(18)8-14/h3-8,12H,10,20H2,1-2H3/t12-/m0/s1. The normalized spacial score (nSPS) is 11.8. The van der Waals surface area contributed by atoms with Crippen molar-refractivity contribution in [1.82, 2.24) is 0 Å². The molecule has 0 heterocycles. The molecule has 0 saturated carbocycles. The summed E-state index contributed by atoms with van der Waals surface area (Å²) < 4.78 is 19.0. The number of rotatable bonds is 4. The monoisotopic (exact) mass is 284 g/mol. The van der Waals surface area contributed by atoms with Gasteiger partial charge in [-0.1, -0.05) is 12.1 Å². The number of nitriles is 1. The van der Waals surface area contributed by atoms with Crippen LogP contribution in [0.3, 0.4) is 0 Å². The molecule has 4 heteroatoms. The van der Waals surface area contributed by atoms with Gasteiger partial charge in [-0.2, -0.15) is 5.26 Å². The van der Waals surface area contributed by atoms with Gasteiger partial charge in [0.2, 0.25) is 0 Å². The fraction of sp³-hybridized carbons (Fsp3) is 0.235. The van der Waals surface area contributed by atoms with Crippen molar-refractivity contribution in [1.29, 1.82) is 5.26 Å². The van der Waals surface area contributed by atoms with Crippen molar-refractivity contribution in [3.8, 4) is 11.8 Å². The molecule has 0 aromatic heterocycles. The van der Waals surface area contributed by atoms with Crippen LogP contribution in [0.4, 0.5) is 4.39 Å². The van der Waals surface area contributed by atoms with Gasteiger partial charge in [0.05, 0.1) is 11.6 Å². The molecule has 0 radical (unpaired) electrons.